The van der Waals surface area contributed by atoms with Gasteiger partial charge in [-0.05, 0) is 43.0 Å². The van der Waals surface area contributed by atoms with Crippen LogP contribution >= 0.6 is 11.8 Å². The van der Waals surface area contributed by atoms with Gasteiger partial charge in [0.1, 0.15) is 12.4 Å². The molecule has 4 rings (SSSR count). The fourth-order valence-electron chi connectivity index (χ4n) is 3.05. The van der Waals surface area contributed by atoms with Gasteiger partial charge in [-0.15, -0.1) is 0 Å². The van der Waals surface area contributed by atoms with Crippen LogP contribution in [0.5, 0.6) is 0 Å². The lowest BCUT2D eigenvalue weighted by Crippen LogP contribution is -2.30. The highest BCUT2D eigenvalue weighted by atomic mass is 32.2. The molecule has 0 aliphatic heterocycles. The number of hydrogen-bond acceptors (Lipinski definition) is 4. The number of carbonyl (C=O) groups is 1. The molecule has 0 bridgehead atoms. The minimum absolute atomic E-state index is 0.111. The topological polar surface area (TPSA) is 75.6 Å². The molecule has 0 unspecified atom stereocenters. The zero-order chi connectivity index (χ0) is 19.7. The quantitative estimate of drug-likeness (QED) is 0.477. The largest absolute Gasteiger partial charge is 0.345 e. The van der Waals surface area contributed by atoms with Crippen LogP contribution in [0, 0.1) is 0 Å². The lowest BCUT2D eigenvalue weighted by Gasteiger charge is -2.13. The highest BCUT2D eigenvalue weighted by molar-refractivity contribution is 7.99. The molecule has 6 nitrogen and oxygen atoms in total. The van der Waals surface area contributed by atoms with E-state index in [0.717, 1.165) is 11.0 Å². The Bertz CT molecular complexity index is 1110. The molecule has 0 aliphatic rings. The number of para-hydroxylation sites is 4. The van der Waals surface area contributed by atoms with E-state index in [-0.39, 0.29) is 23.7 Å². The molecule has 0 saturated carbocycles. The van der Waals surface area contributed by atoms with Crippen LogP contribution in [0.2, 0.25) is 0 Å². The number of carbonyl (C=O) groups excluding carboxylic acids is 1. The Kier molecular flexibility index (Phi) is 4.99. The molecular weight excluding hydrogens is 384 g/mol. The van der Waals surface area contributed by atoms with Gasteiger partial charge in [0, 0.05) is 0 Å². The van der Waals surface area contributed by atoms with Crippen molar-refractivity contribution in [2.45, 2.75) is 30.4 Å². The summed E-state index contributed by atoms with van der Waals surface area (Å²) in [4.78, 5) is 24.5. The van der Waals surface area contributed by atoms with Crippen molar-refractivity contribution in [2.24, 2.45) is 0 Å². The van der Waals surface area contributed by atoms with Gasteiger partial charge in [0.05, 0.1) is 28.1 Å². The molecule has 144 valence electrons. The fraction of sp³-hybridized carbons (Fsp3) is 0.211. The maximum absolute atomic E-state index is 12.9. The van der Waals surface area contributed by atoms with Gasteiger partial charge in [-0.1, -0.05) is 24.3 Å². The van der Waals surface area contributed by atoms with Crippen LogP contribution in [0.4, 0.5) is 8.78 Å². The molecule has 0 radical (unpaired) electrons. The predicted molar refractivity (Wildman–Crippen MR) is 104 cm³/mol. The number of fused-ring (bicyclic) bond motifs is 2. The number of amides is 1. The van der Waals surface area contributed by atoms with Crippen molar-refractivity contribution in [2.75, 3.05) is 0 Å². The van der Waals surface area contributed by atoms with Gasteiger partial charge in [-0.25, -0.2) is 9.97 Å². The van der Waals surface area contributed by atoms with Gasteiger partial charge >= 0.3 is 0 Å². The molecule has 0 saturated heterocycles. The fourth-order valence-corrected chi connectivity index (χ4v) is 3.65. The zero-order valence-electron chi connectivity index (χ0n) is 14.9. The second kappa shape index (κ2) is 7.59. The van der Waals surface area contributed by atoms with E-state index in [2.05, 4.69) is 20.3 Å². The number of nitrogens with one attached hydrogen (secondary N) is 2. The summed E-state index contributed by atoms with van der Waals surface area (Å²) in [7, 11) is 0. The van der Waals surface area contributed by atoms with Crippen LogP contribution < -0.4 is 5.32 Å². The molecule has 0 fully saturated rings. The minimum Gasteiger partial charge on any atom is -0.345 e. The van der Waals surface area contributed by atoms with Crippen molar-refractivity contribution in [3.05, 3.63) is 54.4 Å². The van der Waals surface area contributed by atoms with Crippen LogP contribution in [-0.4, -0.2) is 31.2 Å². The lowest BCUT2D eigenvalue weighted by atomic mass is 10.3. The molecule has 1 atom stereocenters. The van der Waals surface area contributed by atoms with Gasteiger partial charge in [0.2, 0.25) is 5.91 Å². The van der Waals surface area contributed by atoms with Crippen molar-refractivity contribution in [3.8, 4) is 0 Å². The maximum atomic E-state index is 12.9. The van der Waals surface area contributed by atoms with Crippen LogP contribution in [-0.2, 0) is 11.3 Å². The molecule has 0 spiro atoms. The normalized spacial score (nSPS) is 12.7. The Morgan fingerprint density at radius 3 is 2.61 bits per heavy atom. The summed E-state index contributed by atoms with van der Waals surface area (Å²) in [5.41, 5.74) is 2.91. The molecule has 2 heterocycles. The summed E-state index contributed by atoms with van der Waals surface area (Å²) in [5, 5.41) is 2.98. The summed E-state index contributed by atoms with van der Waals surface area (Å²) in [6.45, 7) is 1.70. The predicted octanol–water partition coefficient (Wildman–Crippen LogP) is 4.10. The van der Waals surface area contributed by atoms with E-state index in [9.17, 15) is 13.6 Å². The van der Waals surface area contributed by atoms with Crippen molar-refractivity contribution in [1.82, 2.24) is 24.8 Å². The van der Waals surface area contributed by atoms with Crippen LogP contribution in [0.25, 0.3) is 22.1 Å². The van der Waals surface area contributed by atoms with Crippen molar-refractivity contribution in [1.29, 1.82) is 0 Å². The van der Waals surface area contributed by atoms with E-state index in [1.807, 2.05) is 31.2 Å². The highest BCUT2D eigenvalue weighted by Crippen LogP contribution is 2.28. The number of rotatable bonds is 6. The Morgan fingerprint density at radius 2 is 1.86 bits per heavy atom. The number of benzene rings is 2. The van der Waals surface area contributed by atoms with Crippen LogP contribution in [0.15, 0.2) is 53.7 Å². The number of thioether (sulfide) groups is 1. The standard InChI is InChI=1S/C19H17F2N5OS/c1-11(17-23-12-6-2-3-7-13(12)24-17)22-16(27)10-26-15-9-5-4-8-14(15)25-19(26)28-18(20)21/h2-9,11,18H,10H2,1H3,(H,22,27)(H,23,24)/t11-/m1/s1. The summed E-state index contributed by atoms with van der Waals surface area (Å²) in [5.74, 6) is -2.30. The van der Waals surface area contributed by atoms with E-state index in [1.165, 1.54) is 4.57 Å². The molecule has 4 aromatic rings. The first kappa shape index (κ1) is 18.4. The Hall–Kier alpha value is -2.94. The van der Waals surface area contributed by atoms with Gasteiger partial charge in [0.15, 0.2) is 5.16 Å². The molecule has 9 heteroatoms. The maximum Gasteiger partial charge on any atom is 0.291 e. The Balaban J connectivity index is 1.54. The Morgan fingerprint density at radius 1 is 1.14 bits per heavy atom. The zero-order valence-corrected chi connectivity index (χ0v) is 15.7. The summed E-state index contributed by atoms with van der Waals surface area (Å²) >= 11 is 0.331. The number of H-pyrrole nitrogens is 1. The molecule has 2 aromatic heterocycles. The third-order valence-corrected chi connectivity index (χ3v) is 5.01. The second-order valence-electron chi connectivity index (χ2n) is 6.28. The number of nitrogens with zero attached hydrogens (tertiary/aromatic N) is 3. The number of aromatic amines is 1. The first-order valence-corrected chi connectivity index (χ1v) is 9.53. The summed E-state index contributed by atoms with van der Waals surface area (Å²) in [6.07, 6.45) is 0. The summed E-state index contributed by atoms with van der Waals surface area (Å²) < 4.78 is 27.3. The molecular formula is C19H17F2N5OS. The average molecular weight is 401 g/mol. The van der Waals surface area contributed by atoms with E-state index in [1.54, 1.807) is 24.3 Å². The number of imidazole rings is 2. The molecule has 2 aromatic carbocycles. The minimum atomic E-state index is -2.62. The van der Waals surface area contributed by atoms with Gasteiger partial charge in [0.25, 0.3) is 5.76 Å². The van der Waals surface area contributed by atoms with Gasteiger partial charge in [-0.2, -0.15) is 8.78 Å². The molecule has 2 N–H and O–H groups in total. The highest BCUT2D eigenvalue weighted by Gasteiger charge is 2.19. The Labute approximate surface area is 163 Å². The van der Waals surface area contributed by atoms with Crippen molar-refractivity contribution in [3.63, 3.8) is 0 Å². The van der Waals surface area contributed by atoms with E-state index in [0.29, 0.717) is 28.6 Å². The molecule has 1 amide bonds. The number of aromatic nitrogens is 4. The third-order valence-electron chi connectivity index (χ3n) is 4.31. The average Bonchev–Trinajstić information content (AvgIpc) is 3.23. The first-order chi connectivity index (χ1) is 13.5. The van der Waals surface area contributed by atoms with E-state index in [4.69, 9.17) is 0 Å². The summed E-state index contributed by atoms with van der Waals surface area (Å²) in [6, 6.07) is 14.3. The van der Waals surface area contributed by atoms with E-state index >= 15 is 0 Å². The van der Waals surface area contributed by atoms with Gasteiger partial charge in [-0.3, -0.25) is 4.79 Å². The van der Waals surface area contributed by atoms with Gasteiger partial charge < -0.3 is 14.9 Å². The second-order valence-corrected chi connectivity index (χ2v) is 7.23. The number of halogens is 2. The van der Waals surface area contributed by atoms with Crippen molar-refractivity contribution < 1.29 is 13.6 Å². The van der Waals surface area contributed by atoms with E-state index < -0.39 is 5.76 Å². The third kappa shape index (κ3) is 3.70. The lowest BCUT2D eigenvalue weighted by molar-refractivity contribution is -0.122. The van der Waals surface area contributed by atoms with Crippen LogP contribution in [0.3, 0.4) is 0 Å². The number of hydrogen-bond donors (Lipinski definition) is 2. The number of alkyl halides is 2. The molecule has 0 aliphatic carbocycles. The monoisotopic (exact) mass is 401 g/mol. The first-order valence-electron chi connectivity index (χ1n) is 8.65. The molecule has 28 heavy (non-hydrogen) atoms. The van der Waals surface area contributed by atoms with Crippen molar-refractivity contribution >= 4 is 39.7 Å². The van der Waals surface area contributed by atoms with Crippen LogP contribution in [0.1, 0.15) is 18.8 Å². The SMILES string of the molecule is C[C@@H](NC(=O)Cn1c(SC(F)F)nc2ccccc21)c1nc2ccccc2[nH]1. The smallest absolute Gasteiger partial charge is 0.291 e.